The highest BCUT2D eigenvalue weighted by Crippen LogP contribution is 2.34. The molecule has 2 rings (SSSR count). The summed E-state index contributed by atoms with van der Waals surface area (Å²) in [6, 6.07) is 6.44. The maximum atomic E-state index is 14.0. The van der Waals surface area contributed by atoms with Crippen LogP contribution in [-0.4, -0.2) is 6.61 Å². The second kappa shape index (κ2) is 6.01. The van der Waals surface area contributed by atoms with Crippen LogP contribution >= 0.6 is 11.6 Å². The Morgan fingerprint density at radius 3 is 2.40 bits per heavy atom. The van der Waals surface area contributed by atoms with Crippen molar-refractivity contribution >= 4 is 11.6 Å². The lowest BCUT2D eigenvalue weighted by Crippen LogP contribution is -1.97. The first-order valence-electron chi connectivity index (χ1n) is 5.63. The molecule has 0 heterocycles. The first-order chi connectivity index (χ1) is 9.52. The summed E-state index contributed by atoms with van der Waals surface area (Å²) in [5.41, 5.74) is -0.324. The van der Waals surface area contributed by atoms with Crippen molar-refractivity contribution in [2.75, 3.05) is 6.61 Å². The van der Waals surface area contributed by atoms with E-state index < -0.39 is 17.5 Å². The average molecular weight is 298 g/mol. The Bertz CT molecular complexity index is 633. The van der Waals surface area contributed by atoms with Crippen molar-refractivity contribution < 1.29 is 17.9 Å². The van der Waals surface area contributed by atoms with Crippen molar-refractivity contribution in [3.8, 4) is 16.9 Å². The summed E-state index contributed by atoms with van der Waals surface area (Å²) in [6.07, 6.45) is 1.45. The molecular formula is C15H9ClF3O. The van der Waals surface area contributed by atoms with Gasteiger partial charge in [0.2, 0.25) is 0 Å². The molecule has 0 aliphatic rings. The minimum Gasteiger partial charge on any atom is -0.489 e. The quantitative estimate of drug-likeness (QED) is 0.737. The monoisotopic (exact) mass is 297 g/mol. The third-order valence-corrected chi connectivity index (χ3v) is 2.81. The predicted octanol–water partition coefficient (Wildman–Crippen LogP) is 4.79. The Balaban J connectivity index is 2.49. The second-order valence-electron chi connectivity index (χ2n) is 3.90. The maximum absolute atomic E-state index is 14.0. The van der Waals surface area contributed by atoms with Gasteiger partial charge < -0.3 is 4.74 Å². The molecule has 0 amide bonds. The average Bonchev–Trinajstić information content (AvgIpc) is 2.38. The molecule has 0 aliphatic carbocycles. The Hall–Kier alpha value is -1.94. The molecule has 0 atom stereocenters. The van der Waals surface area contributed by atoms with Crippen LogP contribution in [0.2, 0.25) is 5.02 Å². The predicted molar refractivity (Wildman–Crippen MR) is 71.3 cm³/mol. The lowest BCUT2D eigenvalue weighted by Gasteiger charge is -2.10. The van der Waals surface area contributed by atoms with Gasteiger partial charge in [0.1, 0.15) is 29.8 Å². The summed E-state index contributed by atoms with van der Waals surface area (Å²) in [7, 11) is 0. The lowest BCUT2D eigenvalue weighted by molar-refractivity contribution is 0.358. The SMILES string of the molecule is C=CCOc1cc(F)c(-c2ccc(F)[c]c2Cl)c(F)c1. The number of hydrogen-bond donors (Lipinski definition) is 0. The smallest absolute Gasteiger partial charge is 0.137 e. The second-order valence-corrected chi connectivity index (χ2v) is 4.27. The largest absolute Gasteiger partial charge is 0.489 e. The van der Waals surface area contributed by atoms with Crippen LogP contribution in [0, 0.1) is 23.5 Å². The molecule has 1 radical (unpaired) electrons. The van der Waals surface area contributed by atoms with Crippen LogP contribution < -0.4 is 4.74 Å². The van der Waals surface area contributed by atoms with Crippen molar-refractivity contribution in [1.82, 2.24) is 0 Å². The number of benzene rings is 2. The Morgan fingerprint density at radius 2 is 1.85 bits per heavy atom. The van der Waals surface area contributed by atoms with E-state index in [0.29, 0.717) is 0 Å². The summed E-state index contributed by atoms with van der Waals surface area (Å²) in [5, 5.41) is -0.192. The molecule has 0 saturated carbocycles. The first-order valence-corrected chi connectivity index (χ1v) is 6.01. The summed E-state index contributed by atoms with van der Waals surface area (Å²) < 4.78 is 46.0. The molecule has 0 aromatic heterocycles. The van der Waals surface area contributed by atoms with E-state index in [4.69, 9.17) is 16.3 Å². The van der Waals surface area contributed by atoms with Gasteiger partial charge in [-0.1, -0.05) is 24.3 Å². The zero-order valence-corrected chi connectivity index (χ0v) is 11.0. The van der Waals surface area contributed by atoms with E-state index in [1.54, 1.807) is 0 Å². The topological polar surface area (TPSA) is 9.23 Å². The first kappa shape index (κ1) is 14.5. The normalized spacial score (nSPS) is 10.4. The standard InChI is InChI=1S/C15H9ClF3O/c1-2-5-20-10-7-13(18)15(14(19)8-10)11-4-3-9(17)6-12(11)16/h2-4,7-8H,1,5H2. The number of halogens is 4. The summed E-state index contributed by atoms with van der Waals surface area (Å²) in [5.74, 6) is -2.38. The molecule has 1 nitrogen and oxygen atoms in total. The number of ether oxygens (including phenoxy) is 1. The van der Waals surface area contributed by atoms with Gasteiger partial charge in [-0.05, 0) is 12.1 Å². The summed E-state index contributed by atoms with van der Waals surface area (Å²) >= 11 is 5.76. The molecule has 0 bridgehead atoms. The maximum Gasteiger partial charge on any atom is 0.137 e. The molecule has 103 valence electrons. The van der Waals surface area contributed by atoms with Crippen LogP contribution in [0.3, 0.4) is 0 Å². The van der Waals surface area contributed by atoms with Gasteiger partial charge in [0, 0.05) is 23.8 Å². The molecule has 0 N–H and O–H groups in total. The van der Waals surface area contributed by atoms with Crippen molar-refractivity contribution in [3.63, 3.8) is 0 Å². The third kappa shape index (κ3) is 2.96. The lowest BCUT2D eigenvalue weighted by atomic mass is 10.0. The molecule has 0 fully saturated rings. The number of rotatable bonds is 4. The minimum absolute atomic E-state index is 0.0262. The molecule has 5 heteroatoms. The van der Waals surface area contributed by atoms with Crippen LogP contribution in [0.1, 0.15) is 0 Å². The zero-order chi connectivity index (χ0) is 14.7. The van der Waals surface area contributed by atoms with E-state index in [9.17, 15) is 13.2 Å². The summed E-state index contributed by atoms with van der Waals surface area (Å²) in [4.78, 5) is 0. The molecule has 2 aromatic carbocycles. The van der Waals surface area contributed by atoms with Crippen LogP contribution in [0.25, 0.3) is 11.1 Å². The highest BCUT2D eigenvalue weighted by atomic mass is 35.5. The molecule has 0 unspecified atom stereocenters. The van der Waals surface area contributed by atoms with E-state index in [1.165, 1.54) is 12.1 Å². The van der Waals surface area contributed by atoms with Crippen LogP contribution in [-0.2, 0) is 0 Å². The fourth-order valence-electron chi connectivity index (χ4n) is 1.68. The molecular weight excluding hydrogens is 289 g/mol. The van der Waals surface area contributed by atoms with E-state index in [-0.39, 0.29) is 28.5 Å². The van der Waals surface area contributed by atoms with Crippen LogP contribution in [0.15, 0.2) is 36.9 Å². The molecule has 0 saturated heterocycles. The van der Waals surface area contributed by atoms with Gasteiger partial charge in [-0.25, -0.2) is 13.2 Å². The van der Waals surface area contributed by atoms with E-state index in [1.807, 2.05) is 0 Å². The van der Waals surface area contributed by atoms with Gasteiger partial charge in [-0.15, -0.1) is 0 Å². The van der Waals surface area contributed by atoms with Crippen molar-refractivity contribution in [2.45, 2.75) is 0 Å². The van der Waals surface area contributed by atoms with Crippen LogP contribution in [0.4, 0.5) is 13.2 Å². The van der Waals surface area contributed by atoms with E-state index in [0.717, 1.165) is 18.2 Å². The highest BCUT2D eigenvalue weighted by Gasteiger charge is 2.17. The van der Waals surface area contributed by atoms with Crippen LogP contribution in [0.5, 0.6) is 5.75 Å². The van der Waals surface area contributed by atoms with Crippen molar-refractivity contribution in [1.29, 1.82) is 0 Å². The van der Waals surface area contributed by atoms with E-state index in [2.05, 4.69) is 12.6 Å². The number of hydrogen-bond acceptors (Lipinski definition) is 1. The zero-order valence-electron chi connectivity index (χ0n) is 10.2. The fourth-order valence-corrected chi connectivity index (χ4v) is 1.93. The van der Waals surface area contributed by atoms with Gasteiger partial charge >= 0.3 is 0 Å². The Kier molecular flexibility index (Phi) is 4.35. The summed E-state index contributed by atoms with van der Waals surface area (Å²) in [6.45, 7) is 3.56. The van der Waals surface area contributed by atoms with Gasteiger partial charge in [0.25, 0.3) is 0 Å². The highest BCUT2D eigenvalue weighted by molar-refractivity contribution is 6.33. The van der Waals surface area contributed by atoms with E-state index >= 15 is 0 Å². The Labute approximate surface area is 119 Å². The Morgan fingerprint density at radius 1 is 1.20 bits per heavy atom. The third-order valence-electron chi connectivity index (χ3n) is 2.51. The fraction of sp³-hybridized carbons (Fsp3) is 0.0667. The molecule has 20 heavy (non-hydrogen) atoms. The van der Waals surface area contributed by atoms with Gasteiger partial charge in [0.15, 0.2) is 0 Å². The molecule has 2 aromatic rings. The van der Waals surface area contributed by atoms with Crippen molar-refractivity contribution in [3.05, 3.63) is 65.5 Å². The molecule has 0 spiro atoms. The minimum atomic E-state index is -0.856. The van der Waals surface area contributed by atoms with Gasteiger partial charge in [-0.2, -0.15) is 0 Å². The molecule has 0 aliphatic heterocycles. The van der Waals surface area contributed by atoms with Gasteiger partial charge in [-0.3, -0.25) is 0 Å². The van der Waals surface area contributed by atoms with Crippen molar-refractivity contribution in [2.24, 2.45) is 0 Å². The van der Waals surface area contributed by atoms with Gasteiger partial charge in [0.05, 0.1) is 10.6 Å².